The summed E-state index contributed by atoms with van der Waals surface area (Å²) in [6, 6.07) is 2.94. The predicted octanol–water partition coefficient (Wildman–Crippen LogP) is 3.08. The van der Waals surface area contributed by atoms with Crippen molar-refractivity contribution in [2.75, 3.05) is 5.32 Å². The van der Waals surface area contributed by atoms with Gasteiger partial charge < -0.3 is 10.4 Å². The van der Waals surface area contributed by atoms with E-state index in [-0.39, 0.29) is 21.5 Å². The maximum Gasteiger partial charge on any atom is 0.259 e. The van der Waals surface area contributed by atoms with Crippen molar-refractivity contribution < 1.29 is 18.7 Å². The minimum absolute atomic E-state index is 0.0619. The summed E-state index contributed by atoms with van der Waals surface area (Å²) in [5, 5.41) is 11.7. The number of aromatic nitrogens is 1. The first-order chi connectivity index (χ1) is 8.99. The molecular formula is C12H7BrF2N2O2. The summed E-state index contributed by atoms with van der Waals surface area (Å²) in [6.45, 7) is 0. The van der Waals surface area contributed by atoms with Gasteiger partial charge in [-0.25, -0.2) is 8.78 Å². The second-order valence-corrected chi connectivity index (χ2v) is 4.45. The number of carbonyl (C=O) groups excluding carboxylic acids is 1. The van der Waals surface area contributed by atoms with Gasteiger partial charge in [0.25, 0.3) is 5.91 Å². The average Bonchev–Trinajstić information content (AvgIpc) is 2.34. The van der Waals surface area contributed by atoms with E-state index in [4.69, 9.17) is 0 Å². The second kappa shape index (κ2) is 5.31. The van der Waals surface area contributed by atoms with Crippen LogP contribution in [0.2, 0.25) is 0 Å². The molecule has 1 aromatic carbocycles. The van der Waals surface area contributed by atoms with Crippen molar-refractivity contribution in [3.05, 3.63) is 52.3 Å². The van der Waals surface area contributed by atoms with Gasteiger partial charge in [-0.1, -0.05) is 0 Å². The number of anilines is 1. The lowest BCUT2D eigenvalue weighted by Gasteiger charge is -2.09. The molecule has 0 saturated heterocycles. The molecule has 2 aromatic rings. The van der Waals surface area contributed by atoms with Crippen LogP contribution in [0.5, 0.6) is 5.75 Å². The SMILES string of the molecule is O=C(Nc1c(F)cc(F)cc1Br)c1ccncc1O. The van der Waals surface area contributed by atoms with Crippen molar-refractivity contribution in [3.8, 4) is 5.75 Å². The summed E-state index contributed by atoms with van der Waals surface area (Å²) >= 11 is 2.95. The van der Waals surface area contributed by atoms with Gasteiger partial charge in [-0.05, 0) is 28.1 Å². The van der Waals surface area contributed by atoms with Crippen LogP contribution in [0.3, 0.4) is 0 Å². The Morgan fingerprint density at radius 3 is 2.74 bits per heavy atom. The minimum Gasteiger partial charge on any atom is -0.505 e. The van der Waals surface area contributed by atoms with Gasteiger partial charge in [-0.3, -0.25) is 9.78 Å². The zero-order valence-corrected chi connectivity index (χ0v) is 10.9. The fourth-order valence-electron chi connectivity index (χ4n) is 1.42. The van der Waals surface area contributed by atoms with E-state index in [1.54, 1.807) is 0 Å². The second-order valence-electron chi connectivity index (χ2n) is 3.59. The van der Waals surface area contributed by atoms with E-state index in [1.807, 2.05) is 0 Å². The lowest BCUT2D eigenvalue weighted by molar-refractivity contribution is 0.102. The van der Waals surface area contributed by atoms with Gasteiger partial charge in [-0.2, -0.15) is 0 Å². The maximum absolute atomic E-state index is 13.5. The fourth-order valence-corrected chi connectivity index (χ4v) is 1.93. The van der Waals surface area contributed by atoms with Crippen LogP contribution in [-0.4, -0.2) is 16.0 Å². The number of rotatable bonds is 2. The van der Waals surface area contributed by atoms with Gasteiger partial charge in [0.05, 0.1) is 17.4 Å². The molecule has 0 spiro atoms. The normalized spacial score (nSPS) is 10.3. The molecule has 0 radical (unpaired) electrons. The van der Waals surface area contributed by atoms with E-state index in [0.717, 1.165) is 12.3 Å². The number of halogens is 3. The molecule has 1 heterocycles. The summed E-state index contributed by atoms with van der Waals surface area (Å²) in [4.78, 5) is 15.5. The zero-order valence-electron chi connectivity index (χ0n) is 9.32. The largest absolute Gasteiger partial charge is 0.505 e. The summed E-state index contributed by atoms with van der Waals surface area (Å²) in [6.07, 6.45) is 2.40. The van der Waals surface area contributed by atoms with Gasteiger partial charge in [0.1, 0.15) is 11.6 Å². The smallest absolute Gasteiger partial charge is 0.259 e. The lowest BCUT2D eigenvalue weighted by Crippen LogP contribution is -2.14. The van der Waals surface area contributed by atoms with E-state index < -0.39 is 17.5 Å². The Balaban J connectivity index is 2.32. The number of benzene rings is 1. The molecule has 0 aliphatic carbocycles. The molecule has 0 unspecified atom stereocenters. The van der Waals surface area contributed by atoms with Crippen molar-refractivity contribution in [2.24, 2.45) is 0 Å². The number of aromatic hydroxyl groups is 1. The van der Waals surface area contributed by atoms with Crippen molar-refractivity contribution in [1.29, 1.82) is 0 Å². The van der Waals surface area contributed by atoms with Gasteiger partial charge >= 0.3 is 0 Å². The number of nitrogens with zero attached hydrogens (tertiary/aromatic N) is 1. The van der Waals surface area contributed by atoms with Crippen LogP contribution in [0.4, 0.5) is 14.5 Å². The summed E-state index contributed by atoms with van der Waals surface area (Å²) < 4.78 is 26.5. The highest BCUT2D eigenvalue weighted by Crippen LogP contribution is 2.28. The standard InChI is InChI=1S/C12H7BrF2N2O2/c13-8-3-6(14)4-9(15)11(8)17-12(19)7-1-2-16-5-10(7)18/h1-5,18H,(H,17,19). The van der Waals surface area contributed by atoms with E-state index in [0.29, 0.717) is 6.07 Å². The number of nitrogens with one attached hydrogen (secondary N) is 1. The Labute approximate surface area is 115 Å². The van der Waals surface area contributed by atoms with E-state index >= 15 is 0 Å². The van der Waals surface area contributed by atoms with Gasteiger partial charge in [0.15, 0.2) is 5.82 Å². The number of hydrogen-bond donors (Lipinski definition) is 2. The number of pyridine rings is 1. The molecular weight excluding hydrogens is 322 g/mol. The van der Waals surface area contributed by atoms with Crippen LogP contribution < -0.4 is 5.32 Å². The summed E-state index contributed by atoms with van der Waals surface area (Å²) in [5.41, 5.74) is -0.270. The minimum atomic E-state index is -0.922. The number of carbonyl (C=O) groups is 1. The van der Waals surface area contributed by atoms with Crippen LogP contribution in [0.15, 0.2) is 35.1 Å². The Bertz CT molecular complexity index is 626. The number of amides is 1. The van der Waals surface area contributed by atoms with Crippen molar-refractivity contribution >= 4 is 27.5 Å². The monoisotopic (exact) mass is 328 g/mol. The molecule has 98 valence electrons. The molecule has 2 N–H and O–H groups in total. The molecule has 1 aromatic heterocycles. The first-order valence-electron chi connectivity index (χ1n) is 5.08. The van der Waals surface area contributed by atoms with E-state index in [1.165, 1.54) is 12.3 Å². The number of hydrogen-bond acceptors (Lipinski definition) is 3. The summed E-state index contributed by atoms with van der Waals surface area (Å²) in [5.74, 6) is -2.76. The molecule has 0 fully saturated rings. The highest BCUT2D eigenvalue weighted by Gasteiger charge is 2.16. The van der Waals surface area contributed by atoms with Crippen molar-refractivity contribution in [2.45, 2.75) is 0 Å². The summed E-state index contributed by atoms with van der Waals surface area (Å²) in [7, 11) is 0. The third kappa shape index (κ3) is 2.87. The van der Waals surface area contributed by atoms with E-state index in [9.17, 15) is 18.7 Å². The van der Waals surface area contributed by atoms with Crippen molar-refractivity contribution in [1.82, 2.24) is 4.98 Å². The molecule has 7 heteroatoms. The van der Waals surface area contributed by atoms with Crippen LogP contribution in [0, 0.1) is 11.6 Å². The molecule has 1 amide bonds. The third-order valence-corrected chi connectivity index (χ3v) is 2.92. The van der Waals surface area contributed by atoms with Crippen LogP contribution >= 0.6 is 15.9 Å². The molecule has 4 nitrogen and oxygen atoms in total. The van der Waals surface area contributed by atoms with Crippen molar-refractivity contribution in [3.63, 3.8) is 0 Å². The Kier molecular flexibility index (Phi) is 3.75. The van der Waals surface area contributed by atoms with Crippen LogP contribution in [0.25, 0.3) is 0 Å². The Morgan fingerprint density at radius 1 is 1.37 bits per heavy atom. The third-order valence-electron chi connectivity index (χ3n) is 2.29. The Morgan fingerprint density at radius 2 is 2.11 bits per heavy atom. The molecule has 19 heavy (non-hydrogen) atoms. The van der Waals surface area contributed by atoms with E-state index in [2.05, 4.69) is 26.2 Å². The quantitative estimate of drug-likeness (QED) is 0.890. The highest BCUT2D eigenvalue weighted by molar-refractivity contribution is 9.10. The van der Waals surface area contributed by atoms with Gasteiger partial charge in [0.2, 0.25) is 0 Å². The topological polar surface area (TPSA) is 62.2 Å². The first kappa shape index (κ1) is 13.4. The zero-order chi connectivity index (χ0) is 14.0. The maximum atomic E-state index is 13.5. The van der Waals surface area contributed by atoms with Gasteiger partial charge in [-0.15, -0.1) is 0 Å². The Hall–Kier alpha value is -2.02. The van der Waals surface area contributed by atoms with Crippen LogP contribution in [0.1, 0.15) is 10.4 Å². The molecule has 0 atom stereocenters. The molecule has 0 aliphatic heterocycles. The van der Waals surface area contributed by atoms with Gasteiger partial charge in [0, 0.05) is 16.7 Å². The molecule has 2 rings (SSSR count). The van der Waals surface area contributed by atoms with Crippen LogP contribution in [-0.2, 0) is 0 Å². The predicted molar refractivity (Wildman–Crippen MR) is 67.9 cm³/mol. The molecule has 0 saturated carbocycles. The highest BCUT2D eigenvalue weighted by atomic mass is 79.9. The molecule has 0 bridgehead atoms. The fraction of sp³-hybridized carbons (Fsp3) is 0. The average molecular weight is 329 g/mol. The molecule has 0 aliphatic rings. The lowest BCUT2D eigenvalue weighted by atomic mass is 10.2. The first-order valence-corrected chi connectivity index (χ1v) is 5.87.